The van der Waals surface area contributed by atoms with E-state index in [1.54, 1.807) is 13.2 Å². The van der Waals surface area contributed by atoms with Crippen molar-refractivity contribution in [2.75, 3.05) is 7.11 Å². The average molecular weight is 362 g/mol. The van der Waals surface area contributed by atoms with Crippen molar-refractivity contribution in [3.8, 4) is 5.75 Å². The highest BCUT2D eigenvalue weighted by Gasteiger charge is 2.17. The third kappa shape index (κ3) is 3.49. The zero-order valence-corrected chi connectivity index (χ0v) is 13.0. The van der Waals surface area contributed by atoms with Crippen LogP contribution >= 0.6 is 27.5 Å². The molecule has 2 aromatic rings. The summed E-state index contributed by atoms with van der Waals surface area (Å²) in [6.45, 7) is 0. The molecule has 2 rings (SSSR count). The lowest BCUT2D eigenvalue weighted by Crippen LogP contribution is -2.01. The van der Waals surface area contributed by atoms with E-state index in [0.29, 0.717) is 11.3 Å². The van der Waals surface area contributed by atoms with Gasteiger partial charge in [-0.05, 0) is 36.2 Å². The Labute approximate surface area is 129 Å². The molecule has 1 atom stereocenters. The molecule has 0 heterocycles. The third-order valence-corrected chi connectivity index (χ3v) is 3.83. The van der Waals surface area contributed by atoms with Crippen molar-refractivity contribution in [2.24, 2.45) is 0 Å². The van der Waals surface area contributed by atoms with Crippen LogP contribution in [0.3, 0.4) is 0 Å². The number of hydrogen-bond donors (Lipinski definition) is 0. The van der Waals surface area contributed by atoms with Crippen molar-refractivity contribution < 1.29 is 13.5 Å². The van der Waals surface area contributed by atoms with Crippen molar-refractivity contribution in [3.05, 3.63) is 63.6 Å². The fourth-order valence-corrected chi connectivity index (χ4v) is 2.66. The summed E-state index contributed by atoms with van der Waals surface area (Å²) in [5.41, 5.74) is 1.13. The van der Waals surface area contributed by atoms with E-state index in [9.17, 15) is 8.78 Å². The second-order valence-corrected chi connectivity index (χ2v) is 5.74. The van der Waals surface area contributed by atoms with Crippen LogP contribution in [0.15, 0.2) is 40.9 Å². The molecule has 0 N–H and O–H groups in total. The van der Waals surface area contributed by atoms with Crippen LogP contribution in [0.4, 0.5) is 8.78 Å². The van der Waals surface area contributed by atoms with Gasteiger partial charge in [0.15, 0.2) is 0 Å². The van der Waals surface area contributed by atoms with Crippen molar-refractivity contribution in [2.45, 2.75) is 11.8 Å². The zero-order valence-electron chi connectivity index (χ0n) is 10.7. The first kappa shape index (κ1) is 15.3. The quantitative estimate of drug-likeness (QED) is 0.675. The normalized spacial score (nSPS) is 12.2. The van der Waals surface area contributed by atoms with Crippen LogP contribution in [-0.4, -0.2) is 7.11 Å². The monoisotopic (exact) mass is 360 g/mol. The fourth-order valence-electron chi connectivity index (χ4n) is 1.94. The maximum atomic E-state index is 13.6. The molecule has 1 unspecified atom stereocenters. The summed E-state index contributed by atoms with van der Waals surface area (Å²) in [4.78, 5) is 0. The van der Waals surface area contributed by atoms with Gasteiger partial charge in [0.2, 0.25) is 0 Å². The lowest BCUT2D eigenvalue weighted by atomic mass is 10.0. The number of ether oxygens (including phenoxy) is 1. The van der Waals surface area contributed by atoms with E-state index in [4.69, 9.17) is 16.3 Å². The Kier molecular flexibility index (Phi) is 5.00. The van der Waals surface area contributed by atoms with Crippen LogP contribution in [0.1, 0.15) is 16.5 Å². The minimum absolute atomic E-state index is 0.250. The highest BCUT2D eigenvalue weighted by atomic mass is 79.9. The van der Waals surface area contributed by atoms with Gasteiger partial charge in [-0.2, -0.15) is 0 Å². The van der Waals surface area contributed by atoms with E-state index in [-0.39, 0.29) is 6.42 Å². The second-order valence-electron chi connectivity index (χ2n) is 4.29. The first-order chi connectivity index (χ1) is 9.51. The van der Waals surface area contributed by atoms with Gasteiger partial charge in [-0.1, -0.05) is 22.0 Å². The molecule has 1 nitrogen and oxygen atoms in total. The summed E-state index contributed by atoms with van der Waals surface area (Å²) in [6.07, 6.45) is 0.250. The summed E-state index contributed by atoms with van der Waals surface area (Å²) < 4.78 is 32.6. The van der Waals surface area contributed by atoms with Gasteiger partial charge in [0.1, 0.15) is 17.4 Å². The number of rotatable bonds is 4. The molecular weight excluding hydrogens is 350 g/mol. The highest BCUT2D eigenvalue weighted by Crippen LogP contribution is 2.34. The zero-order chi connectivity index (χ0) is 14.7. The summed E-state index contributed by atoms with van der Waals surface area (Å²) >= 11 is 9.71. The minimum Gasteiger partial charge on any atom is -0.496 e. The minimum atomic E-state index is -0.600. The number of halogens is 4. The molecular formula is C15H12BrClF2O. The number of benzene rings is 2. The van der Waals surface area contributed by atoms with E-state index in [1.807, 2.05) is 12.1 Å². The largest absolute Gasteiger partial charge is 0.496 e. The van der Waals surface area contributed by atoms with Crippen molar-refractivity contribution in [3.63, 3.8) is 0 Å². The van der Waals surface area contributed by atoms with E-state index < -0.39 is 17.0 Å². The van der Waals surface area contributed by atoms with Crippen molar-refractivity contribution in [1.82, 2.24) is 0 Å². The molecule has 0 aromatic heterocycles. The maximum Gasteiger partial charge on any atom is 0.129 e. The number of hydrogen-bond acceptors (Lipinski definition) is 1. The summed E-state index contributed by atoms with van der Waals surface area (Å²) in [6, 6.07) is 8.94. The Balaban J connectivity index is 2.27. The lowest BCUT2D eigenvalue weighted by molar-refractivity contribution is 0.409. The van der Waals surface area contributed by atoms with Gasteiger partial charge < -0.3 is 4.74 Å². The van der Waals surface area contributed by atoms with Crippen LogP contribution in [-0.2, 0) is 6.42 Å². The summed E-state index contributed by atoms with van der Waals surface area (Å²) in [5, 5.41) is -0.470. The van der Waals surface area contributed by atoms with Crippen LogP contribution in [0, 0.1) is 11.6 Å². The predicted molar refractivity (Wildman–Crippen MR) is 79.4 cm³/mol. The molecule has 0 radical (unpaired) electrons. The molecule has 0 aliphatic heterocycles. The van der Waals surface area contributed by atoms with Gasteiger partial charge in [-0.15, -0.1) is 11.6 Å². The second kappa shape index (κ2) is 6.55. The molecule has 0 saturated carbocycles. The topological polar surface area (TPSA) is 9.23 Å². The Bertz CT molecular complexity index is 619. The Hall–Kier alpha value is -1.13. The molecule has 0 aliphatic carbocycles. The SMILES string of the molecule is COc1ccc(Br)cc1C(Cl)Cc1ccc(F)cc1F. The molecule has 0 fully saturated rings. The van der Waals surface area contributed by atoms with Gasteiger partial charge >= 0.3 is 0 Å². The molecule has 106 valence electrons. The Morgan fingerprint density at radius 2 is 1.95 bits per heavy atom. The van der Waals surface area contributed by atoms with Gasteiger partial charge in [-0.3, -0.25) is 0 Å². The van der Waals surface area contributed by atoms with Crippen LogP contribution in [0.25, 0.3) is 0 Å². The molecule has 0 amide bonds. The first-order valence-corrected chi connectivity index (χ1v) is 7.15. The first-order valence-electron chi connectivity index (χ1n) is 5.92. The third-order valence-electron chi connectivity index (χ3n) is 2.94. The molecule has 2 aromatic carbocycles. The van der Waals surface area contributed by atoms with E-state index in [0.717, 1.165) is 16.1 Å². The lowest BCUT2D eigenvalue weighted by Gasteiger charge is -2.15. The molecule has 0 bridgehead atoms. The fraction of sp³-hybridized carbons (Fsp3) is 0.200. The van der Waals surface area contributed by atoms with Crippen LogP contribution in [0.5, 0.6) is 5.75 Å². The van der Waals surface area contributed by atoms with Gasteiger partial charge in [-0.25, -0.2) is 8.78 Å². The standard InChI is InChI=1S/C15H12BrClF2O/c1-20-15-5-3-10(16)7-12(15)13(17)6-9-2-4-11(18)8-14(9)19/h2-5,7-8,13H,6H2,1H3. The van der Waals surface area contributed by atoms with Crippen molar-refractivity contribution in [1.29, 1.82) is 0 Å². The Morgan fingerprint density at radius 1 is 1.20 bits per heavy atom. The van der Waals surface area contributed by atoms with E-state index in [1.165, 1.54) is 12.1 Å². The van der Waals surface area contributed by atoms with Crippen LogP contribution in [0.2, 0.25) is 0 Å². The number of methoxy groups -OCH3 is 1. The molecule has 0 saturated heterocycles. The molecule has 5 heteroatoms. The average Bonchev–Trinajstić information content (AvgIpc) is 2.41. The van der Waals surface area contributed by atoms with Crippen LogP contribution < -0.4 is 4.74 Å². The highest BCUT2D eigenvalue weighted by molar-refractivity contribution is 9.10. The van der Waals surface area contributed by atoms with Crippen molar-refractivity contribution >= 4 is 27.5 Å². The predicted octanol–water partition coefficient (Wildman–Crippen LogP) is 5.26. The molecule has 0 spiro atoms. The van der Waals surface area contributed by atoms with Gasteiger partial charge in [0.25, 0.3) is 0 Å². The maximum absolute atomic E-state index is 13.6. The number of alkyl halides is 1. The summed E-state index contributed by atoms with van der Waals surface area (Å²) in [5.74, 6) is -0.558. The van der Waals surface area contributed by atoms with Gasteiger partial charge in [0, 0.05) is 16.1 Å². The molecule has 0 aliphatic rings. The van der Waals surface area contributed by atoms with E-state index >= 15 is 0 Å². The summed E-state index contributed by atoms with van der Waals surface area (Å²) in [7, 11) is 1.55. The Morgan fingerprint density at radius 3 is 2.60 bits per heavy atom. The van der Waals surface area contributed by atoms with Gasteiger partial charge in [0.05, 0.1) is 12.5 Å². The smallest absolute Gasteiger partial charge is 0.129 e. The van der Waals surface area contributed by atoms with E-state index in [2.05, 4.69) is 15.9 Å². The molecule has 20 heavy (non-hydrogen) atoms.